The first-order chi connectivity index (χ1) is 7.68. The van der Waals surface area contributed by atoms with Crippen LogP contribution in [0.4, 0.5) is 4.39 Å². The van der Waals surface area contributed by atoms with Crippen LogP contribution in [0.15, 0.2) is 42.7 Å². The second kappa shape index (κ2) is 4.44. The zero-order chi connectivity index (χ0) is 11.5. The molecule has 1 heterocycles. The van der Waals surface area contributed by atoms with Crippen LogP contribution in [0.1, 0.15) is 25.3 Å². The normalized spacial score (nSPS) is 10.8. The highest BCUT2D eigenvalue weighted by Crippen LogP contribution is 2.25. The second-order valence-electron chi connectivity index (χ2n) is 4.14. The quantitative estimate of drug-likeness (QED) is 0.737. The molecule has 0 atom stereocenters. The third-order valence-electron chi connectivity index (χ3n) is 2.63. The summed E-state index contributed by atoms with van der Waals surface area (Å²) in [6.45, 7) is 4.25. The molecule has 0 fully saturated rings. The van der Waals surface area contributed by atoms with Crippen LogP contribution in [-0.4, -0.2) is 4.98 Å². The number of hydrogen-bond acceptors (Lipinski definition) is 1. The molecule has 1 aromatic heterocycles. The van der Waals surface area contributed by atoms with E-state index in [1.54, 1.807) is 6.20 Å². The van der Waals surface area contributed by atoms with Crippen molar-refractivity contribution in [1.29, 1.82) is 0 Å². The molecule has 0 aliphatic carbocycles. The topological polar surface area (TPSA) is 12.9 Å². The highest BCUT2D eigenvalue weighted by atomic mass is 19.1. The molecule has 2 rings (SSSR count). The summed E-state index contributed by atoms with van der Waals surface area (Å²) in [6.07, 6.45) is 3.03. The highest BCUT2D eigenvalue weighted by molar-refractivity contribution is 5.63. The summed E-state index contributed by atoms with van der Waals surface area (Å²) in [5.41, 5.74) is 2.66. The van der Waals surface area contributed by atoms with Crippen LogP contribution in [0.5, 0.6) is 0 Å². The van der Waals surface area contributed by atoms with Gasteiger partial charge in [0.15, 0.2) is 0 Å². The summed E-state index contributed by atoms with van der Waals surface area (Å²) in [5, 5.41) is 0. The first-order valence-corrected chi connectivity index (χ1v) is 5.38. The molecule has 0 saturated heterocycles. The maximum absolute atomic E-state index is 13.6. The Morgan fingerprint density at radius 3 is 2.69 bits per heavy atom. The van der Waals surface area contributed by atoms with E-state index in [-0.39, 0.29) is 5.82 Å². The van der Waals surface area contributed by atoms with Crippen LogP contribution in [-0.2, 0) is 0 Å². The summed E-state index contributed by atoms with van der Waals surface area (Å²) in [5.74, 6) is 0.218. The van der Waals surface area contributed by atoms with Gasteiger partial charge in [-0.3, -0.25) is 4.98 Å². The van der Waals surface area contributed by atoms with Gasteiger partial charge in [-0.2, -0.15) is 0 Å². The monoisotopic (exact) mass is 215 g/mol. The smallest absolute Gasteiger partial charge is 0.134 e. The molecule has 0 amide bonds. The van der Waals surface area contributed by atoms with Gasteiger partial charge in [0.1, 0.15) is 5.82 Å². The van der Waals surface area contributed by atoms with Crippen molar-refractivity contribution in [2.75, 3.05) is 0 Å². The molecule has 82 valence electrons. The number of nitrogens with zero attached hydrogens (tertiary/aromatic N) is 1. The van der Waals surface area contributed by atoms with Crippen molar-refractivity contribution in [2.24, 2.45) is 0 Å². The van der Waals surface area contributed by atoms with Gasteiger partial charge in [-0.15, -0.1) is 0 Å². The van der Waals surface area contributed by atoms with Gasteiger partial charge < -0.3 is 0 Å². The van der Waals surface area contributed by atoms with Crippen LogP contribution < -0.4 is 0 Å². The Kier molecular flexibility index (Phi) is 3.00. The number of benzene rings is 1. The third kappa shape index (κ3) is 2.11. The number of pyridine rings is 1. The van der Waals surface area contributed by atoms with Gasteiger partial charge in [0.05, 0.1) is 0 Å². The Hall–Kier alpha value is -1.70. The first kappa shape index (κ1) is 10.8. The molecule has 0 saturated carbocycles. The Morgan fingerprint density at radius 1 is 1.19 bits per heavy atom. The number of aromatic nitrogens is 1. The van der Waals surface area contributed by atoms with Gasteiger partial charge in [-0.05, 0) is 23.1 Å². The molecule has 0 bridgehead atoms. The Labute approximate surface area is 95.0 Å². The zero-order valence-electron chi connectivity index (χ0n) is 9.44. The molecular formula is C14H14FN. The molecule has 2 aromatic rings. The predicted molar refractivity (Wildman–Crippen MR) is 63.7 cm³/mol. The zero-order valence-corrected chi connectivity index (χ0v) is 9.44. The summed E-state index contributed by atoms with van der Waals surface area (Å²) in [4.78, 5) is 3.96. The maximum atomic E-state index is 13.6. The fraction of sp³-hybridized carbons (Fsp3) is 0.214. The lowest BCUT2D eigenvalue weighted by Gasteiger charge is -2.08. The lowest BCUT2D eigenvalue weighted by molar-refractivity contribution is 0.629. The Morgan fingerprint density at radius 2 is 2.00 bits per heavy atom. The van der Waals surface area contributed by atoms with Crippen molar-refractivity contribution >= 4 is 0 Å². The fourth-order valence-electron chi connectivity index (χ4n) is 1.66. The van der Waals surface area contributed by atoms with E-state index < -0.39 is 0 Å². The fourth-order valence-corrected chi connectivity index (χ4v) is 1.66. The minimum Gasteiger partial charge on any atom is -0.264 e. The Bertz CT molecular complexity index is 492. The SMILES string of the molecule is CC(C)c1cccc(-c2cnccc2F)c1. The molecule has 0 unspecified atom stereocenters. The van der Waals surface area contributed by atoms with E-state index in [0.717, 1.165) is 5.56 Å². The molecule has 16 heavy (non-hydrogen) atoms. The molecule has 0 spiro atoms. The third-order valence-corrected chi connectivity index (χ3v) is 2.63. The summed E-state index contributed by atoms with van der Waals surface area (Å²) < 4.78 is 13.6. The van der Waals surface area contributed by atoms with Crippen molar-refractivity contribution in [3.63, 3.8) is 0 Å². The van der Waals surface area contributed by atoms with Gasteiger partial charge in [-0.25, -0.2) is 4.39 Å². The number of hydrogen-bond donors (Lipinski definition) is 0. The van der Waals surface area contributed by atoms with Crippen LogP contribution in [0.3, 0.4) is 0 Å². The molecular weight excluding hydrogens is 201 g/mol. The van der Waals surface area contributed by atoms with Crippen molar-refractivity contribution < 1.29 is 4.39 Å². The van der Waals surface area contributed by atoms with E-state index in [2.05, 4.69) is 24.9 Å². The minimum atomic E-state index is -0.226. The average molecular weight is 215 g/mol. The van der Waals surface area contributed by atoms with E-state index in [1.165, 1.54) is 17.8 Å². The predicted octanol–water partition coefficient (Wildman–Crippen LogP) is 4.01. The van der Waals surface area contributed by atoms with Crippen molar-refractivity contribution in [2.45, 2.75) is 19.8 Å². The van der Waals surface area contributed by atoms with Crippen molar-refractivity contribution in [3.05, 3.63) is 54.1 Å². The van der Waals surface area contributed by atoms with Crippen LogP contribution >= 0.6 is 0 Å². The van der Waals surface area contributed by atoms with Gasteiger partial charge in [0, 0.05) is 18.0 Å². The minimum absolute atomic E-state index is 0.226. The van der Waals surface area contributed by atoms with Gasteiger partial charge in [0.25, 0.3) is 0 Å². The molecule has 0 aliphatic rings. The van der Waals surface area contributed by atoms with Gasteiger partial charge in [-0.1, -0.05) is 38.1 Å². The molecule has 0 radical (unpaired) electrons. The number of rotatable bonds is 2. The summed E-state index contributed by atoms with van der Waals surface area (Å²) >= 11 is 0. The first-order valence-electron chi connectivity index (χ1n) is 5.38. The lowest BCUT2D eigenvalue weighted by atomic mass is 9.98. The van der Waals surface area contributed by atoms with Crippen LogP contribution in [0.25, 0.3) is 11.1 Å². The van der Waals surface area contributed by atoms with Gasteiger partial charge in [0.2, 0.25) is 0 Å². The second-order valence-corrected chi connectivity index (χ2v) is 4.14. The van der Waals surface area contributed by atoms with Crippen LogP contribution in [0.2, 0.25) is 0 Å². The molecule has 0 aliphatic heterocycles. The molecule has 1 aromatic carbocycles. The molecule has 2 heteroatoms. The average Bonchev–Trinajstić information content (AvgIpc) is 2.30. The lowest BCUT2D eigenvalue weighted by Crippen LogP contribution is -1.90. The maximum Gasteiger partial charge on any atom is 0.134 e. The van der Waals surface area contributed by atoms with Crippen molar-refractivity contribution in [1.82, 2.24) is 4.98 Å². The van der Waals surface area contributed by atoms with Crippen LogP contribution in [0, 0.1) is 5.82 Å². The van der Waals surface area contributed by atoms with E-state index in [4.69, 9.17) is 0 Å². The largest absolute Gasteiger partial charge is 0.264 e. The molecule has 0 N–H and O–H groups in total. The summed E-state index contributed by atoms with van der Waals surface area (Å²) in [6, 6.07) is 9.33. The Balaban J connectivity index is 2.49. The number of halogens is 1. The summed E-state index contributed by atoms with van der Waals surface area (Å²) in [7, 11) is 0. The molecule has 1 nitrogen and oxygen atoms in total. The standard InChI is InChI=1S/C14H14FN/c1-10(2)11-4-3-5-12(8-11)13-9-16-7-6-14(13)15/h3-10H,1-2H3. The highest BCUT2D eigenvalue weighted by Gasteiger charge is 2.06. The van der Waals surface area contributed by atoms with E-state index in [9.17, 15) is 4.39 Å². The van der Waals surface area contributed by atoms with E-state index in [0.29, 0.717) is 11.5 Å². The van der Waals surface area contributed by atoms with Gasteiger partial charge >= 0.3 is 0 Å². The van der Waals surface area contributed by atoms with E-state index in [1.807, 2.05) is 18.2 Å². The van der Waals surface area contributed by atoms with E-state index >= 15 is 0 Å². The van der Waals surface area contributed by atoms with Crippen molar-refractivity contribution in [3.8, 4) is 11.1 Å².